The molecule has 0 saturated heterocycles. The van der Waals surface area contributed by atoms with Crippen LogP contribution in [0.3, 0.4) is 0 Å². The molecule has 2 aromatic carbocycles. The third kappa shape index (κ3) is 8.57. The van der Waals surface area contributed by atoms with E-state index in [0.717, 1.165) is 36.8 Å². The molecule has 0 fully saturated rings. The first-order valence-electron chi connectivity index (χ1n) is 13.0. The van der Waals surface area contributed by atoms with Gasteiger partial charge < -0.3 is 4.74 Å². The number of carbonyl (C=O) groups is 1. The van der Waals surface area contributed by atoms with E-state index in [9.17, 15) is 9.18 Å². The van der Waals surface area contributed by atoms with E-state index in [1.165, 1.54) is 44.6 Å². The first-order valence-corrected chi connectivity index (χ1v) is 13.0. The lowest BCUT2D eigenvalue weighted by molar-refractivity contribution is 0.0734. The van der Waals surface area contributed by atoms with Gasteiger partial charge in [-0.05, 0) is 55.0 Å². The van der Waals surface area contributed by atoms with Crippen LogP contribution in [0.15, 0.2) is 54.9 Å². The third-order valence-corrected chi connectivity index (χ3v) is 6.19. The summed E-state index contributed by atoms with van der Waals surface area (Å²) >= 11 is 0. The van der Waals surface area contributed by atoms with Gasteiger partial charge in [0.1, 0.15) is 11.6 Å². The van der Waals surface area contributed by atoms with Crippen molar-refractivity contribution in [3.63, 3.8) is 0 Å². The van der Waals surface area contributed by atoms with Gasteiger partial charge in [-0.2, -0.15) is 0 Å². The Labute approximate surface area is 209 Å². The zero-order valence-corrected chi connectivity index (χ0v) is 21.1. The van der Waals surface area contributed by atoms with E-state index in [1.54, 1.807) is 36.4 Å². The van der Waals surface area contributed by atoms with Gasteiger partial charge in [0.15, 0.2) is 5.82 Å². The van der Waals surface area contributed by atoms with E-state index >= 15 is 0 Å². The number of hydrogen-bond donors (Lipinski definition) is 0. The van der Waals surface area contributed by atoms with Crippen LogP contribution in [0.2, 0.25) is 0 Å². The quantitative estimate of drug-likeness (QED) is 0.134. The number of rotatable bonds is 14. The highest BCUT2D eigenvalue weighted by Gasteiger charge is 2.12. The van der Waals surface area contributed by atoms with Gasteiger partial charge in [-0.3, -0.25) is 0 Å². The van der Waals surface area contributed by atoms with Gasteiger partial charge in [0, 0.05) is 24.0 Å². The topological polar surface area (TPSA) is 52.1 Å². The van der Waals surface area contributed by atoms with Crippen molar-refractivity contribution in [2.24, 2.45) is 0 Å². The van der Waals surface area contributed by atoms with E-state index in [0.29, 0.717) is 23.4 Å². The van der Waals surface area contributed by atoms with E-state index < -0.39 is 5.97 Å². The average Bonchev–Trinajstić information content (AvgIpc) is 2.88. The minimum absolute atomic E-state index is 0.212. The Hall–Kier alpha value is -3.08. The summed E-state index contributed by atoms with van der Waals surface area (Å²) in [6.45, 7) is 4.38. The monoisotopic (exact) mass is 476 g/mol. The molecular formula is C30H37FN2O2. The van der Waals surface area contributed by atoms with Crippen LogP contribution in [0.25, 0.3) is 11.4 Å². The number of esters is 1. The smallest absolute Gasteiger partial charge is 0.343 e. The van der Waals surface area contributed by atoms with Crippen LogP contribution < -0.4 is 4.74 Å². The van der Waals surface area contributed by atoms with Crippen LogP contribution in [-0.2, 0) is 12.8 Å². The van der Waals surface area contributed by atoms with Gasteiger partial charge in [0.05, 0.1) is 5.56 Å². The Balaban J connectivity index is 1.53. The summed E-state index contributed by atoms with van der Waals surface area (Å²) in [5.74, 6) is -0.0162. The second-order valence-electron chi connectivity index (χ2n) is 9.11. The molecule has 0 aliphatic carbocycles. The second kappa shape index (κ2) is 14.3. The van der Waals surface area contributed by atoms with Crippen molar-refractivity contribution in [3.05, 3.63) is 77.4 Å². The lowest BCUT2D eigenvalue weighted by atomic mass is 10.0. The Morgan fingerprint density at radius 1 is 0.800 bits per heavy atom. The second-order valence-corrected chi connectivity index (χ2v) is 9.11. The molecule has 0 saturated carbocycles. The molecule has 186 valence electrons. The summed E-state index contributed by atoms with van der Waals surface area (Å²) in [6.07, 6.45) is 16.0. The minimum Gasteiger partial charge on any atom is -0.423 e. The highest BCUT2D eigenvalue weighted by atomic mass is 19.1. The first-order chi connectivity index (χ1) is 17.1. The van der Waals surface area contributed by atoms with Gasteiger partial charge in [0.25, 0.3) is 0 Å². The van der Waals surface area contributed by atoms with E-state index in [4.69, 9.17) is 4.74 Å². The molecular weight excluding hydrogens is 439 g/mol. The van der Waals surface area contributed by atoms with Crippen molar-refractivity contribution in [3.8, 4) is 17.1 Å². The number of unbranched alkanes of at least 4 members (excludes halogenated alkanes) is 7. The van der Waals surface area contributed by atoms with Crippen LogP contribution in [0, 0.1) is 5.82 Å². The minimum atomic E-state index is -0.522. The third-order valence-electron chi connectivity index (χ3n) is 6.19. The summed E-state index contributed by atoms with van der Waals surface area (Å²) in [5, 5.41) is 0. The number of nitrogens with zero attached hydrogens (tertiary/aromatic N) is 2. The summed E-state index contributed by atoms with van der Waals surface area (Å²) in [5.41, 5.74) is 3.02. The lowest BCUT2D eigenvalue weighted by Crippen LogP contribution is -2.09. The van der Waals surface area contributed by atoms with Crippen molar-refractivity contribution in [1.29, 1.82) is 0 Å². The molecule has 0 aliphatic rings. The molecule has 35 heavy (non-hydrogen) atoms. The number of aromatic nitrogens is 2. The normalized spacial score (nSPS) is 10.9. The molecule has 0 N–H and O–H groups in total. The van der Waals surface area contributed by atoms with Crippen molar-refractivity contribution < 1.29 is 13.9 Å². The maximum atomic E-state index is 14.4. The summed E-state index contributed by atoms with van der Waals surface area (Å²) in [4.78, 5) is 21.5. The number of benzene rings is 2. The molecule has 5 heteroatoms. The molecule has 0 spiro atoms. The van der Waals surface area contributed by atoms with Crippen LogP contribution in [-0.4, -0.2) is 15.9 Å². The number of hydrogen-bond acceptors (Lipinski definition) is 4. The predicted molar refractivity (Wildman–Crippen MR) is 139 cm³/mol. The van der Waals surface area contributed by atoms with Crippen LogP contribution >= 0.6 is 0 Å². The SMILES string of the molecule is CCCCCCCc1ccc(OC(=O)c2ccc(-c3ncc(CCCCCC)cn3)cc2)cc1F. The highest BCUT2D eigenvalue weighted by Crippen LogP contribution is 2.21. The van der Waals surface area contributed by atoms with Crippen LogP contribution in [0.4, 0.5) is 4.39 Å². The van der Waals surface area contributed by atoms with E-state index in [1.807, 2.05) is 12.4 Å². The number of halogens is 1. The number of carbonyl (C=O) groups excluding carboxylic acids is 1. The van der Waals surface area contributed by atoms with E-state index in [-0.39, 0.29) is 11.6 Å². The fourth-order valence-electron chi connectivity index (χ4n) is 4.02. The van der Waals surface area contributed by atoms with Gasteiger partial charge in [-0.1, -0.05) is 77.0 Å². The van der Waals surface area contributed by atoms with Crippen molar-refractivity contribution in [2.45, 2.75) is 84.5 Å². The Morgan fingerprint density at radius 3 is 2.09 bits per heavy atom. The zero-order chi connectivity index (χ0) is 24.9. The predicted octanol–water partition coefficient (Wildman–Crippen LogP) is 8.14. The Morgan fingerprint density at radius 2 is 1.43 bits per heavy atom. The van der Waals surface area contributed by atoms with Crippen molar-refractivity contribution in [1.82, 2.24) is 9.97 Å². The zero-order valence-electron chi connectivity index (χ0n) is 21.1. The molecule has 0 aliphatic heterocycles. The van der Waals surface area contributed by atoms with Gasteiger partial charge in [-0.25, -0.2) is 19.2 Å². The van der Waals surface area contributed by atoms with Crippen LogP contribution in [0.1, 0.15) is 93.1 Å². The van der Waals surface area contributed by atoms with E-state index in [2.05, 4.69) is 23.8 Å². The highest BCUT2D eigenvalue weighted by molar-refractivity contribution is 5.91. The molecule has 0 atom stereocenters. The first kappa shape index (κ1) is 26.5. The molecule has 0 radical (unpaired) electrons. The Bertz CT molecular complexity index is 1050. The van der Waals surface area contributed by atoms with Crippen molar-refractivity contribution in [2.75, 3.05) is 0 Å². The molecule has 0 bridgehead atoms. The maximum Gasteiger partial charge on any atom is 0.343 e. The summed E-state index contributed by atoms with van der Waals surface area (Å²) in [7, 11) is 0. The fraction of sp³-hybridized carbons (Fsp3) is 0.433. The average molecular weight is 477 g/mol. The molecule has 4 nitrogen and oxygen atoms in total. The largest absolute Gasteiger partial charge is 0.423 e. The molecule has 0 unspecified atom stereocenters. The van der Waals surface area contributed by atoms with Gasteiger partial charge in [-0.15, -0.1) is 0 Å². The molecule has 1 aromatic heterocycles. The maximum absolute atomic E-state index is 14.4. The lowest BCUT2D eigenvalue weighted by Gasteiger charge is -2.08. The van der Waals surface area contributed by atoms with Gasteiger partial charge in [0.2, 0.25) is 0 Å². The molecule has 3 aromatic rings. The summed E-state index contributed by atoms with van der Waals surface area (Å²) in [6, 6.07) is 11.6. The molecule has 0 amide bonds. The van der Waals surface area contributed by atoms with Crippen molar-refractivity contribution >= 4 is 5.97 Å². The standard InChI is InChI=1S/C30H37FN2O2/c1-3-5-7-9-11-13-24-18-19-27(20-28(24)31)35-30(34)26-16-14-25(15-17-26)29-32-21-23(22-33-29)12-10-8-6-4-2/h14-22H,3-13H2,1-2H3. The number of ether oxygens (including phenoxy) is 1. The summed E-state index contributed by atoms with van der Waals surface area (Å²) < 4.78 is 19.8. The van der Waals surface area contributed by atoms with Gasteiger partial charge >= 0.3 is 5.97 Å². The molecule has 1 heterocycles. The molecule has 3 rings (SSSR count). The number of aryl methyl sites for hydroxylation is 2. The van der Waals surface area contributed by atoms with Crippen LogP contribution in [0.5, 0.6) is 5.75 Å². The Kier molecular flexibility index (Phi) is 10.9. The fourth-order valence-corrected chi connectivity index (χ4v) is 4.02.